The van der Waals surface area contributed by atoms with Gasteiger partial charge in [-0.15, -0.1) is 11.3 Å². The number of H-pyrrole nitrogens is 1. The molecule has 5 rings (SSSR count). The van der Waals surface area contributed by atoms with Gasteiger partial charge in [-0.25, -0.2) is 9.97 Å². The number of thiazole rings is 1. The first-order chi connectivity index (χ1) is 13.8. The van der Waals surface area contributed by atoms with E-state index in [1.165, 1.54) is 17.7 Å². The van der Waals surface area contributed by atoms with E-state index in [2.05, 4.69) is 30.4 Å². The maximum atomic E-state index is 5.83. The fraction of sp³-hybridized carbons (Fsp3) is 0.444. The highest BCUT2D eigenvalue weighted by atomic mass is 32.1. The van der Waals surface area contributed by atoms with Crippen molar-refractivity contribution in [3.8, 4) is 17.1 Å². The lowest BCUT2D eigenvalue weighted by molar-refractivity contribution is 0.125. The van der Waals surface area contributed by atoms with Crippen LogP contribution in [-0.2, 0) is 11.2 Å². The summed E-state index contributed by atoms with van der Waals surface area (Å²) in [6.07, 6.45) is 7.29. The quantitative estimate of drug-likeness (QED) is 0.625. The van der Waals surface area contributed by atoms with Gasteiger partial charge in [0.1, 0.15) is 5.82 Å². The number of aromatic nitrogens is 5. The third-order valence-corrected chi connectivity index (χ3v) is 5.82. The van der Waals surface area contributed by atoms with Crippen LogP contribution in [0.2, 0.25) is 0 Å². The van der Waals surface area contributed by atoms with Gasteiger partial charge < -0.3 is 14.4 Å². The molecule has 0 bridgehead atoms. The number of nitrogens with one attached hydrogen (secondary N) is 2. The van der Waals surface area contributed by atoms with E-state index in [-0.39, 0.29) is 0 Å². The summed E-state index contributed by atoms with van der Waals surface area (Å²) in [6.45, 7) is 2.49. The van der Waals surface area contributed by atoms with Gasteiger partial charge in [-0.2, -0.15) is 10.1 Å². The SMILES string of the molecule is COc1ccnc(Nc2nc3c(s2)CCN(CCOC2CC2)c2[nH]ncc2-3)n1. The van der Waals surface area contributed by atoms with Gasteiger partial charge in [0.05, 0.1) is 37.3 Å². The molecule has 28 heavy (non-hydrogen) atoms. The zero-order valence-electron chi connectivity index (χ0n) is 15.5. The zero-order chi connectivity index (χ0) is 18.9. The fourth-order valence-electron chi connectivity index (χ4n) is 3.23. The highest BCUT2D eigenvalue weighted by Gasteiger charge is 2.26. The first-order valence-corrected chi connectivity index (χ1v) is 10.2. The maximum Gasteiger partial charge on any atom is 0.232 e. The Morgan fingerprint density at radius 2 is 2.29 bits per heavy atom. The van der Waals surface area contributed by atoms with Crippen LogP contribution >= 0.6 is 11.3 Å². The van der Waals surface area contributed by atoms with Crippen LogP contribution in [0.25, 0.3) is 11.3 Å². The smallest absolute Gasteiger partial charge is 0.232 e. The largest absolute Gasteiger partial charge is 0.481 e. The number of fused-ring (bicyclic) bond motifs is 3. The summed E-state index contributed by atoms with van der Waals surface area (Å²) in [5, 5.41) is 11.3. The third-order valence-electron chi connectivity index (χ3n) is 4.79. The Balaban J connectivity index is 1.36. The van der Waals surface area contributed by atoms with Crippen molar-refractivity contribution >= 4 is 28.2 Å². The molecule has 146 valence electrons. The lowest BCUT2D eigenvalue weighted by Crippen LogP contribution is -2.29. The molecular weight excluding hydrogens is 378 g/mol. The van der Waals surface area contributed by atoms with Gasteiger partial charge >= 0.3 is 0 Å². The molecule has 0 unspecified atom stereocenters. The second kappa shape index (κ2) is 7.36. The van der Waals surface area contributed by atoms with Crippen LogP contribution in [-0.4, -0.2) is 58.1 Å². The number of methoxy groups -OCH3 is 1. The van der Waals surface area contributed by atoms with Crippen LogP contribution in [0.1, 0.15) is 17.7 Å². The van der Waals surface area contributed by atoms with Crippen molar-refractivity contribution in [2.75, 3.05) is 37.0 Å². The van der Waals surface area contributed by atoms with E-state index in [9.17, 15) is 0 Å². The van der Waals surface area contributed by atoms with E-state index in [1.54, 1.807) is 30.7 Å². The van der Waals surface area contributed by atoms with Gasteiger partial charge in [0.2, 0.25) is 11.8 Å². The molecular formula is C18H21N7O2S. The summed E-state index contributed by atoms with van der Waals surface area (Å²) in [6, 6.07) is 1.71. The molecule has 0 aromatic carbocycles. The lowest BCUT2D eigenvalue weighted by atomic mass is 10.2. The molecule has 1 fully saturated rings. The molecule has 0 amide bonds. The van der Waals surface area contributed by atoms with Crippen molar-refractivity contribution in [3.63, 3.8) is 0 Å². The van der Waals surface area contributed by atoms with E-state index in [1.807, 2.05) is 6.20 Å². The number of anilines is 3. The number of nitrogens with zero attached hydrogens (tertiary/aromatic N) is 5. The summed E-state index contributed by atoms with van der Waals surface area (Å²) in [5.74, 6) is 1.99. The minimum absolute atomic E-state index is 0.467. The van der Waals surface area contributed by atoms with E-state index < -0.39 is 0 Å². The first-order valence-electron chi connectivity index (χ1n) is 9.34. The van der Waals surface area contributed by atoms with Gasteiger partial charge in [-0.3, -0.25) is 10.4 Å². The summed E-state index contributed by atoms with van der Waals surface area (Å²) in [7, 11) is 1.58. The zero-order valence-corrected chi connectivity index (χ0v) is 16.3. The summed E-state index contributed by atoms with van der Waals surface area (Å²) < 4.78 is 11.0. The molecule has 0 radical (unpaired) electrons. The average Bonchev–Trinajstić information content (AvgIpc) is 3.29. The molecule has 4 heterocycles. The Hall–Kier alpha value is -2.72. The van der Waals surface area contributed by atoms with Gasteiger partial charge in [-0.05, 0) is 12.8 Å². The predicted molar refractivity (Wildman–Crippen MR) is 106 cm³/mol. The van der Waals surface area contributed by atoms with Crippen molar-refractivity contribution < 1.29 is 9.47 Å². The van der Waals surface area contributed by atoms with Crippen molar-refractivity contribution in [1.82, 2.24) is 25.1 Å². The number of hydrogen-bond donors (Lipinski definition) is 2. The monoisotopic (exact) mass is 399 g/mol. The second-order valence-electron chi connectivity index (χ2n) is 6.78. The van der Waals surface area contributed by atoms with Crippen LogP contribution in [0.4, 0.5) is 16.9 Å². The third kappa shape index (κ3) is 3.52. The van der Waals surface area contributed by atoms with Crippen LogP contribution in [0.3, 0.4) is 0 Å². The molecule has 2 N–H and O–H groups in total. The molecule has 2 aliphatic rings. The molecule has 3 aromatic heterocycles. The van der Waals surface area contributed by atoms with Crippen molar-refractivity contribution in [2.24, 2.45) is 0 Å². The first kappa shape index (κ1) is 17.4. The van der Waals surface area contributed by atoms with Crippen LogP contribution in [0.15, 0.2) is 18.5 Å². The molecule has 1 aliphatic carbocycles. The van der Waals surface area contributed by atoms with Gasteiger partial charge in [-0.1, -0.05) is 0 Å². The molecule has 0 atom stereocenters. The molecule has 10 heteroatoms. The van der Waals surface area contributed by atoms with E-state index in [0.717, 1.165) is 48.3 Å². The van der Waals surface area contributed by atoms with E-state index in [4.69, 9.17) is 14.5 Å². The highest BCUT2D eigenvalue weighted by Crippen LogP contribution is 2.39. The lowest BCUT2D eigenvalue weighted by Gasteiger charge is -2.22. The number of rotatable bonds is 7. The summed E-state index contributed by atoms with van der Waals surface area (Å²) in [5.41, 5.74) is 1.99. The van der Waals surface area contributed by atoms with Crippen molar-refractivity contribution in [3.05, 3.63) is 23.3 Å². The van der Waals surface area contributed by atoms with Gasteiger partial charge in [0.15, 0.2) is 5.13 Å². The molecule has 0 spiro atoms. The molecule has 0 saturated heterocycles. The molecule has 1 aliphatic heterocycles. The Morgan fingerprint density at radius 1 is 1.36 bits per heavy atom. The molecule has 9 nitrogen and oxygen atoms in total. The standard InChI is InChI=1S/C18H21N7O2S/c1-26-14-4-6-19-17(21-14)23-18-22-15-12-10-20-24-16(12)25(7-5-13(15)28-18)8-9-27-11-2-3-11/h4,6,10-11H,2-3,5,7-9H2,1H3,(H,20,24)(H,19,21,22,23). The van der Waals surface area contributed by atoms with Gasteiger partial charge in [0.25, 0.3) is 0 Å². The van der Waals surface area contributed by atoms with E-state index >= 15 is 0 Å². The predicted octanol–water partition coefficient (Wildman–Crippen LogP) is 2.62. The average molecular weight is 399 g/mol. The Morgan fingerprint density at radius 3 is 3.14 bits per heavy atom. The topological polar surface area (TPSA) is 101 Å². The minimum atomic E-state index is 0.467. The molecule has 3 aromatic rings. The molecule has 1 saturated carbocycles. The van der Waals surface area contributed by atoms with Crippen molar-refractivity contribution in [2.45, 2.75) is 25.4 Å². The summed E-state index contributed by atoms with van der Waals surface area (Å²) >= 11 is 1.62. The fourth-order valence-corrected chi connectivity index (χ4v) is 4.18. The van der Waals surface area contributed by atoms with E-state index in [0.29, 0.717) is 17.9 Å². The highest BCUT2D eigenvalue weighted by molar-refractivity contribution is 7.16. The van der Waals surface area contributed by atoms with Crippen LogP contribution in [0.5, 0.6) is 5.88 Å². The Bertz CT molecular complexity index is 969. The van der Waals surface area contributed by atoms with Gasteiger partial charge in [0, 0.05) is 36.7 Å². The van der Waals surface area contributed by atoms with Crippen LogP contribution < -0.4 is 15.0 Å². The van der Waals surface area contributed by atoms with Crippen molar-refractivity contribution in [1.29, 1.82) is 0 Å². The number of hydrogen-bond acceptors (Lipinski definition) is 9. The maximum absolute atomic E-state index is 5.83. The minimum Gasteiger partial charge on any atom is -0.481 e. The second-order valence-corrected chi connectivity index (χ2v) is 7.86. The van der Waals surface area contributed by atoms with Crippen LogP contribution in [0, 0.1) is 0 Å². The number of aromatic amines is 1. The normalized spacial score (nSPS) is 15.7. The Labute approximate surface area is 166 Å². The number of ether oxygens (including phenoxy) is 2. The summed E-state index contributed by atoms with van der Waals surface area (Å²) in [4.78, 5) is 16.8. The Kier molecular flexibility index (Phi) is 4.57.